The van der Waals surface area contributed by atoms with Gasteiger partial charge >= 0.3 is 11.9 Å². The van der Waals surface area contributed by atoms with Crippen LogP contribution in [0.4, 0.5) is 0 Å². The van der Waals surface area contributed by atoms with Gasteiger partial charge in [-0.15, -0.1) is 0 Å². The summed E-state index contributed by atoms with van der Waals surface area (Å²) in [5.41, 5.74) is 0.371. The van der Waals surface area contributed by atoms with Crippen molar-refractivity contribution in [1.29, 1.82) is 0 Å². The van der Waals surface area contributed by atoms with Gasteiger partial charge in [0.25, 0.3) is 5.91 Å². The van der Waals surface area contributed by atoms with Crippen LogP contribution in [0.5, 0.6) is 0 Å². The number of amides is 1. The molecule has 1 aromatic rings. The first-order valence-corrected chi connectivity index (χ1v) is 6.44. The molecule has 0 spiro atoms. The van der Waals surface area contributed by atoms with E-state index in [1.807, 2.05) is 5.32 Å². The van der Waals surface area contributed by atoms with Gasteiger partial charge in [-0.3, -0.25) is 4.79 Å². The minimum Gasteiger partial charge on any atom is -0.479 e. The monoisotopic (exact) mass is 308 g/mol. The van der Waals surface area contributed by atoms with Crippen LogP contribution in [0.3, 0.4) is 0 Å². The first-order valence-electron chi connectivity index (χ1n) is 6.44. The van der Waals surface area contributed by atoms with Gasteiger partial charge in [-0.1, -0.05) is 35.5 Å². The van der Waals surface area contributed by atoms with Crippen molar-refractivity contribution in [3.8, 4) is 0 Å². The molecule has 0 fully saturated rings. The highest BCUT2D eigenvalue weighted by Crippen LogP contribution is 2.02. The van der Waals surface area contributed by atoms with Crippen LogP contribution in [0.25, 0.3) is 0 Å². The maximum absolute atomic E-state index is 11.9. The fraction of sp³-hybridized carbons (Fsp3) is 0.286. The van der Waals surface area contributed by atoms with Gasteiger partial charge < -0.3 is 20.4 Å². The lowest BCUT2D eigenvalue weighted by Crippen LogP contribution is -2.49. The number of hydrogen-bond donors (Lipinski definition) is 3. The fourth-order valence-corrected chi connectivity index (χ4v) is 1.61. The number of carboxylic acids is 1. The summed E-state index contributed by atoms with van der Waals surface area (Å²) in [6, 6.07) is 6.80. The molecule has 0 saturated carbocycles. The van der Waals surface area contributed by atoms with Gasteiger partial charge in [0, 0.05) is 6.42 Å². The summed E-state index contributed by atoms with van der Waals surface area (Å²) in [6.45, 7) is 1.48. The number of aliphatic carboxylic acids is 1. The Morgan fingerprint density at radius 2 is 1.91 bits per heavy atom. The molecule has 1 amide bonds. The Balaban J connectivity index is 2.79. The molecule has 0 aliphatic carbocycles. The molecule has 22 heavy (non-hydrogen) atoms. The molecule has 0 aliphatic heterocycles. The van der Waals surface area contributed by atoms with Crippen molar-refractivity contribution in [2.45, 2.75) is 19.4 Å². The van der Waals surface area contributed by atoms with Gasteiger partial charge in [0.15, 0.2) is 0 Å². The second-order valence-electron chi connectivity index (χ2n) is 4.21. The second-order valence-corrected chi connectivity index (χ2v) is 4.21. The summed E-state index contributed by atoms with van der Waals surface area (Å²) in [7, 11) is 0. The number of carbonyl (C=O) groups excluding carboxylic acids is 2. The quantitative estimate of drug-likeness (QED) is 0.217. The van der Waals surface area contributed by atoms with Crippen LogP contribution in [0.15, 0.2) is 35.5 Å². The van der Waals surface area contributed by atoms with Crippen molar-refractivity contribution in [2.75, 3.05) is 6.61 Å². The number of carboxylic acid groups (broad SMARTS) is 1. The predicted molar refractivity (Wildman–Crippen MR) is 75.6 cm³/mol. The van der Waals surface area contributed by atoms with Crippen LogP contribution >= 0.6 is 0 Å². The summed E-state index contributed by atoms with van der Waals surface area (Å²) in [4.78, 5) is 34.4. The Bertz CT molecular complexity index is 570. The molecule has 0 aliphatic rings. The number of nitrogens with zero attached hydrogens (tertiary/aromatic N) is 1. The highest BCUT2D eigenvalue weighted by atomic mass is 16.5. The molecule has 0 saturated heterocycles. The number of esters is 1. The van der Waals surface area contributed by atoms with Crippen LogP contribution in [-0.2, 0) is 25.5 Å². The summed E-state index contributed by atoms with van der Waals surface area (Å²) in [5.74, 6) is -3.63. The molecule has 8 heteroatoms. The van der Waals surface area contributed by atoms with E-state index in [1.165, 1.54) is 6.92 Å². The SMILES string of the molecule is CCOC(=O)C(NC(=O)C(Cc1ccccc1)=NO)C(=O)O. The highest BCUT2D eigenvalue weighted by molar-refractivity contribution is 6.39. The molecule has 1 unspecified atom stereocenters. The van der Waals surface area contributed by atoms with E-state index in [4.69, 9.17) is 10.3 Å². The number of benzene rings is 1. The number of carbonyl (C=O) groups is 3. The van der Waals surface area contributed by atoms with Crippen LogP contribution in [-0.4, -0.2) is 46.5 Å². The zero-order chi connectivity index (χ0) is 16.5. The highest BCUT2D eigenvalue weighted by Gasteiger charge is 2.31. The normalized spacial score (nSPS) is 12.3. The molecular formula is C14H16N2O6. The van der Waals surface area contributed by atoms with Crippen LogP contribution in [0.2, 0.25) is 0 Å². The third-order valence-corrected chi connectivity index (χ3v) is 2.64. The minimum absolute atomic E-state index is 0.0155. The van der Waals surface area contributed by atoms with E-state index in [0.717, 1.165) is 0 Å². The van der Waals surface area contributed by atoms with E-state index < -0.39 is 23.9 Å². The second kappa shape index (κ2) is 8.40. The van der Waals surface area contributed by atoms with Crippen LogP contribution in [0.1, 0.15) is 12.5 Å². The topological polar surface area (TPSA) is 125 Å². The molecule has 1 aromatic carbocycles. The van der Waals surface area contributed by atoms with Crippen molar-refractivity contribution in [3.05, 3.63) is 35.9 Å². The lowest BCUT2D eigenvalue weighted by Gasteiger charge is -2.13. The van der Waals surface area contributed by atoms with E-state index in [9.17, 15) is 14.4 Å². The number of ether oxygens (including phenoxy) is 1. The van der Waals surface area contributed by atoms with Crippen molar-refractivity contribution >= 4 is 23.6 Å². The lowest BCUT2D eigenvalue weighted by molar-refractivity contribution is -0.156. The summed E-state index contributed by atoms with van der Waals surface area (Å²) < 4.78 is 4.56. The van der Waals surface area contributed by atoms with E-state index >= 15 is 0 Å². The Morgan fingerprint density at radius 3 is 2.41 bits per heavy atom. The zero-order valence-electron chi connectivity index (χ0n) is 11.9. The first kappa shape index (κ1) is 17.2. The van der Waals surface area contributed by atoms with Gasteiger partial charge in [-0.25, -0.2) is 9.59 Å². The average Bonchev–Trinajstić information content (AvgIpc) is 2.50. The number of hydrogen-bond acceptors (Lipinski definition) is 6. The minimum atomic E-state index is -1.86. The molecule has 0 bridgehead atoms. The average molecular weight is 308 g/mol. The summed E-state index contributed by atoms with van der Waals surface area (Å²) in [6.07, 6.45) is -0.0155. The van der Waals surface area contributed by atoms with Crippen LogP contribution in [0, 0.1) is 0 Å². The summed E-state index contributed by atoms with van der Waals surface area (Å²) >= 11 is 0. The molecule has 3 N–H and O–H groups in total. The Kier molecular flexibility index (Phi) is 6.55. The van der Waals surface area contributed by atoms with Crippen molar-refractivity contribution < 1.29 is 29.4 Å². The maximum Gasteiger partial charge on any atom is 0.340 e. The predicted octanol–water partition coefficient (Wildman–Crippen LogP) is 0.192. The number of oxime groups is 1. The molecule has 118 valence electrons. The number of rotatable bonds is 7. The Labute approximate surface area is 126 Å². The molecule has 0 heterocycles. The molecule has 8 nitrogen and oxygen atoms in total. The largest absolute Gasteiger partial charge is 0.479 e. The van der Waals surface area contributed by atoms with Gasteiger partial charge in [-0.2, -0.15) is 0 Å². The zero-order valence-corrected chi connectivity index (χ0v) is 11.9. The van der Waals surface area contributed by atoms with Gasteiger partial charge in [0.2, 0.25) is 6.04 Å². The Morgan fingerprint density at radius 1 is 1.27 bits per heavy atom. The standard InChI is InChI=1S/C14H16N2O6/c1-2-22-14(20)11(13(18)19)15-12(17)10(16-21)8-9-6-4-3-5-7-9/h3-7,11,21H,2,8H2,1H3,(H,15,17)(H,18,19). The van der Waals surface area contributed by atoms with Crippen molar-refractivity contribution in [2.24, 2.45) is 5.16 Å². The molecular weight excluding hydrogens is 292 g/mol. The van der Waals surface area contributed by atoms with Gasteiger partial charge in [0.05, 0.1) is 6.61 Å². The molecule has 0 aromatic heterocycles. The molecule has 0 radical (unpaired) electrons. The van der Waals surface area contributed by atoms with Gasteiger partial charge in [-0.05, 0) is 12.5 Å². The van der Waals surface area contributed by atoms with E-state index in [-0.39, 0.29) is 18.7 Å². The first-order chi connectivity index (χ1) is 10.5. The third-order valence-electron chi connectivity index (χ3n) is 2.64. The van der Waals surface area contributed by atoms with E-state index in [2.05, 4.69) is 9.89 Å². The smallest absolute Gasteiger partial charge is 0.340 e. The fourth-order valence-electron chi connectivity index (χ4n) is 1.61. The third kappa shape index (κ3) is 4.89. The van der Waals surface area contributed by atoms with Crippen molar-refractivity contribution in [1.82, 2.24) is 5.32 Å². The molecule has 1 atom stereocenters. The summed E-state index contributed by atoms with van der Waals surface area (Å²) in [5, 5.41) is 22.7. The van der Waals surface area contributed by atoms with Crippen molar-refractivity contribution in [3.63, 3.8) is 0 Å². The maximum atomic E-state index is 11.9. The van der Waals surface area contributed by atoms with Crippen LogP contribution < -0.4 is 5.32 Å². The Hall–Kier alpha value is -2.90. The molecule has 1 rings (SSSR count). The number of nitrogens with one attached hydrogen (secondary N) is 1. The lowest BCUT2D eigenvalue weighted by atomic mass is 10.1. The van der Waals surface area contributed by atoms with E-state index in [1.54, 1.807) is 30.3 Å². The van der Waals surface area contributed by atoms with Gasteiger partial charge in [0.1, 0.15) is 5.71 Å². The van der Waals surface area contributed by atoms with E-state index in [0.29, 0.717) is 5.56 Å².